The predicted molar refractivity (Wildman–Crippen MR) is 135 cm³/mol. The molecule has 0 aliphatic carbocycles. The summed E-state index contributed by atoms with van der Waals surface area (Å²) < 4.78 is 9.92. The summed E-state index contributed by atoms with van der Waals surface area (Å²) in [5.74, 6) is 0.638. The summed E-state index contributed by atoms with van der Waals surface area (Å²) in [4.78, 5) is 40.8. The monoisotopic (exact) mass is 508 g/mol. The molecule has 0 unspecified atom stereocenters. The molecule has 2 aliphatic rings. The second-order valence-electron chi connectivity index (χ2n) is 9.38. The lowest BCUT2D eigenvalue weighted by Crippen LogP contribution is -2.47. The lowest BCUT2D eigenvalue weighted by molar-refractivity contribution is -0.141. The minimum Gasteiger partial charge on any atom is -0.496 e. The highest BCUT2D eigenvalue weighted by molar-refractivity contribution is 6.33. The molecule has 2 saturated heterocycles. The van der Waals surface area contributed by atoms with Crippen molar-refractivity contribution in [1.29, 1.82) is 0 Å². The Bertz CT molecular complexity index is 896. The molecule has 1 aromatic carbocycles. The molecule has 0 spiro atoms. The number of nitrogens with one attached hydrogen (secondary N) is 1. The number of anilines is 1. The number of carbonyl (C=O) groups excluding carboxylic acids is 3. The molecular weight excluding hydrogens is 472 g/mol. The van der Waals surface area contributed by atoms with Gasteiger partial charge in [0.05, 0.1) is 30.5 Å². The fourth-order valence-corrected chi connectivity index (χ4v) is 4.98. The number of halogens is 1. The number of esters is 1. The lowest BCUT2D eigenvalue weighted by atomic mass is 9.94. The van der Waals surface area contributed by atoms with Crippen LogP contribution in [0.4, 0.5) is 5.69 Å². The molecule has 0 atom stereocenters. The number of rotatable bonds is 9. The average molecular weight is 509 g/mol. The highest BCUT2D eigenvalue weighted by Gasteiger charge is 2.27. The summed E-state index contributed by atoms with van der Waals surface area (Å²) in [5, 5.41) is 3.44. The molecule has 0 saturated carbocycles. The van der Waals surface area contributed by atoms with Crippen LogP contribution in [0, 0.1) is 5.92 Å². The molecule has 0 aromatic heterocycles. The van der Waals surface area contributed by atoms with Gasteiger partial charge in [-0.25, -0.2) is 0 Å². The van der Waals surface area contributed by atoms with E-state index in [0.717, 1.165) is 58.4 Å². The molecule has 1 aromatic rings. The number of amides is 2. The minimum absolute atomic E-state index is 0.101. The van der Waals surface area contributed by atoms with Crippen LogP contribution in [0.2, 0.25) is 5.02 Å². The maximum atomic E-state index is 12.8. The van der Waals surface area contributed by atoms with Crippen molar-refractivity contribution in [2.24, 2.45) is 5.92 Å². The zero-order chi connectivity index (χ0) is 25.4. The number of hydrogen-bond acceptors (Lipinski definition) is 7. The number of methoxy groups -OCH3 is 2. The van der Waals surface area contributed by atoms with Gasteiger partial charge in [-0.05, 0) is 44.1 Å². The molecule has 3 rings (SSSR count). The standard InChI is InChI=1S/C25H37ClN4O5/c1-34-22-15-21(27)20(26)14-19(22)25(33)28-18-8-10-29(11-9-18)16-17-6-12-30(13-7-17)23(31)4-3-5-24(32)35-2/h14-15,17-18H,3-13,16,27H2,1-2H3,(H,28,33). The number of carbonyl (C=O) groups is 3. The van der Waals surface area contributed by atoms with Crippen LogP contribution in [-0.2, 0) is 14.3 Å². The van der Waals surface area contributed by atoms with Crippen LogP contribution in [-0.4, -0.2) is 80.6 Å². The third-order valence-corrected chi connectivity index (χ3v) is 7.30. The van der Waals surface area contributed by atoms with Gasteiger partial charge in [-0.3, -0.25) is 14.4 Å². The van der Waals surface area contributed by atoms with Crippen molar-refractivity contribution in [2.75, 3.05) is 52.7 Å². The van der Waals surface area contributed by atoms with Gasteiger partial charge in [-0.1, -0.05) is 11.6 Å². The van der Waals surface area contributed by atoms with Crippen molar-refractivity contribution in [3.63, 3.8) is 0 Å². The molecule has 0 radical (unpaired) electrons. The molecular formula is C25H37ClN4O5. The molecule has 0 bridgehead atoms. The number of hydrogen-bond donors (Lipinski definition) is 2. The van der Waals surface area contributed by atoms with Gasteiger partial charge in [0.15, 0.2) is 0 Å². The van der Waals surface area contributed by atoms with Gasteiger partial charge in [0.1, 0.15) is 5.75 Å². The fraction of sp³-hybridized carbons (Fsp3) is 0.640. The second-order valence-corrected chi connectivity index (χ2v) is 9.78. The normalized spacial score (nSPS) is 17.7. The molecule has 10 heteroatoms. The SMILES string of the molecule is COC(=O)CCCC(=O)N1CCC(CN2CCC(NC(=O)c3cc(Cl)c(N)cc3OC)CC2)CC1. The van der Waals surface area contributed by atoms with Crippen molar-refractivity contribution in [3.05, 3.63) is 22.7 Å². The van der Waals surface area contributed by atoms with E-state index in [1.54, 1.807) is 12.1 Å². The third kappa shape index (κ3) is 7.73. The molecule has 3 N–H and O–H groups in total. The Kier molecular flexibility index (Phi) is 10.0. The van der Waals surface area contributed by atoms with E-state index in [4.69, 9.17) is 22.1 Å². The van der Waals surface area contributed by atoms with Crippen LogP contribution < -0.4 is 15.8 Å². The quantitative estimate of drug-likeness (QED) is 0.389. The highest BCUT2D eigenvalue weighted by Crippen LogP contribution is 2.29. The van der Waals surface area contributed by atoms with Crippen molar-refractivity contribution in [1.82, 2.24) is 15.1 Å². The van der Waals surface area contributed by atoms with Gasteiger partial charge < -0.3 is 30.3 Å². The largest absolute Gasteiger partial charge is 0.496 e. The van der Waals surface area contributed by atoms with Gasteiger partial charge in [0, 0.05) is 57.7 Å². The number of nitrogens with two attached hydrogens (primary N) is 1. The predicted octanol–water partition coefficient (Wildman–Crippen LogP) is 2.71. The highest BCUT2D eigenvalue weighted by atomic mass is 35.5. The zero-order valence-corrected chi connectivity index (χ0v) is 21.4. The molecule has 9 nitrogen and oxygen atoms in total. The molecule has 2 fully saturated rings. The van der Waals surface area contributed by atoms with E-state index in [9.17, 15) is 14.4 Å². The van der Waals surface area contributed by atoms with Crippen LogP contribution in [0.3, 0.4) is 0 Å². The maximum absolute atomic E-state index is 12.8. The van der Waals surface area contributed by atoms with Crippen molar-refractivity contribution in [3.8, 4) is 5.75 Å². The van der Waals surface area contributed by atoms with E-state index < -0.39 is 0 Å². The van der Waals surface area contributed by atoms with Crippen LogP contribution in [0.25, 0.3) is 0 Å². The first kappa shape index (κ1) is 27.1. The van der Waals surface area contributed by atoms with E-state index in [1.807, 2.05) is 4.90 Å². The first-order valence-electron chi connectivity index (χ1n) is 12.3. The summed E-state index contributed by atoms with van der Waals surface area (Å²) in [5.41, 5.74) is 6.58. The van der Waals surface area contributed by atoms with Gasteiger partial charge >= 0.3 is 5.97 Å². The number of nitrogen functional groups attached to an aromatic ring is 1. The third-order valence-electron chi connectivity index (χ3n) is 6.97. The Morgan fingerprint density at radius 1 is 1.06 bits per heavy atom. The molecule has 2 aliphatic heterocycles. The number of likely N-dealkylation sites (tertiary alicyclic amines) is 2. The lowest BCUT2D eigenvalue weighted by Gasteiger charge is -2.38. The summed E-state index contributed by atoms with van der Waals surface area (Å²) in [6, 6.07) is 3.22. The number of piperidine rings is 2. The summed E-state index contributed by atoms with van der Waals surface area (Å²) in [6.07, 6.45) is 4.98. The Labute approximate surface area is 212 Å². The number of ether oxygens (including phenoxy) is 2. The fourth-order valence-electron chi connectivity index (χ4n) is 4.81. The summed E-state index contributed by atoms with van der Waals surface area (Å²) >= 11 is 6.10. The topological polar surface area (TPSA) is 114 Å². The zero-order valence-electron chi connectivity index (χ0n) is 20.7. The minimum atomic E-state index is -0.269. The summed E-state index contributed by atoms with van der Waals surface area (Å²) in [7, 11) is 2.87. The van der Waals surface area contributed by atoms with Crippen molar-refractivity contribution >= 4 is 35.1 Å². The molecule has 2 heterocycles. The van der Waals surface area contributed by atoms with Crippen LogP contribution in [0.5, 0.6) is 5.75 Å². The van der Waals surface area contributed by atoms with Crippen LogP contribution in [0.1, 0.15) is 55.3 Å². The number of nitrogens with zero attached hydrogens (tertiary/aromatic N) is 2. The first-order chi connectivity index (χ1) is 16.8. The second kappa shape index (κ2) is 13.0. The van der Waals surface area contributed by atoms with E-state index in [0.29, 0.717) is 40.8 Å². The van der Waals surface area contributed by atoms with Crippen LogP contribution >= 0.6 is 11.6 Å². The van der Waals surface area contributed by atoms with Gasteiger partial charge in [0.25, 0.3) is 5.91 Å². The molecule has 35 heavy (non-hydrogen) atoms. The van der Waals surface area contributed by atoms with Gasteiger partial charge in [-0.15, -0.1) is 0 Å². The Morgan fingerprint density at radius 3 is 2.37 bits per heavy atom. The van der Waals surface area contributed by atoms with E-state index >= 15 is 0 Å². The maximum Gasteiger partial charge on any atom is 0.305 e. The first-order valence-corrected chi connectivity index (χ1v) is 12.7. The smallest absolute Gasteiger partial charge is 0.305 e. The van der Waals surface area contributed by atoms with Crippen molar-refractivity contribution in [2.45, 2.75) is 51.0 Å². The Balaban J connectivity index is 1.37. The van der Waals surface area contributed by atoms with Crippen LogP contribution in [0.15, 0.2) is 12.1 Å². The van der Waals surface area contributed by atoms with Crippen molar-refractivity contribution < 1.29 is 23.9 Å². The van der Waals surface area contributed by atoms with E-state index in [2.05, 4.69) is 15.0 Å². The Hall–Kier alpha value is -2.52. The number of benzene rings is 1. The Morgan fingerprint density at radius 2 is 1.74 bits per heavy atom. The van der Waals surface area contributed by atoms with E-state index in [1.165, 1.54) is 14.2 Å². The summed E-state index contributed by atoms with van der Waals surface area (Å²) in [6.45, 7) is 4.43. The average Bonchev–Trinajstić information content (AvgIpc) is 2.86. The van der Waals surface area contributed by atoms with E-state index in [-0.39, 0.29) is 30.2 Å². The van der Waals surface area contributed by atoms with Gasteiger partial charge in [0.2, 0.25) is 5.91 Å². The van der Waals surface area contributed by atoms with Gasteiger partial charge in [-0.2, -0.15) is 0 Å². The molecule has 2 amide bonds. The molecule has 194 valence electrons.